The maximum atomic E-state index is 11.4. The molecule has 1 N–H and O–H groups in total. The van der Waals surface area contributed by atoms with Crippen LogP contribution in [0, 0.1) is 6.92 Å². The Morgan fingerprint density at radius 3 is 2.24 bits per heavy atom. The van der Waals surface area contributed by atoms with Gasteiger partial charge in [0.05, 0.1) is 0 Å². The average molecular weight is 340 g/mol. The number of aryl methyl sites for hydroxylation is 1. The lowest BCUT2D eigenvalue weighted by molar-refractivity contribution is -0.305. The highest BCUT2D eigenvalue weighted by Crippen LogP contribution is 2.15. The Morgan fingerprint density at radius 1 is 0.960 bits per heavy atom. The zero-order valence-electron chi connectivity index (χ0n) is 14.3. The van der Waals surface area contributed by atoms with Crippen LogP contribution < -0.4 is 15.2 Å². The highest BCUT2D eigenvalue weighted by molar-refractivity contribution is 5.79. The third-order valence-corrected chi connectivity index (χ3v) is 3.74. The second-order valence-corrected chi connectivity index (χ2v) is 5.89. The normalized spacial score (nSPS) is 10.3. The van der Waals surface area contributed by atoms with Crippen LogP contribution >= 0.6 is 0 Å². The third-order valence-electron chi connectivity index (χ3n) is 3.74. The molecule has 0 unspecified atom stereocenters. The quantitative estimate of drug-likeness (QED) is 0.754. The predicted molar refractivity (Wildman–Crippen MR) is 92.9 cm³/mol. The van der Waals surface area contributed by atoms with Crippen molar-refractivity contribution in [3.8, 4) is 5.75 Å². The summed E-state index contributed by atoms with van der Waals surface area (Å²) in [5, 5.41) is 13.0. The molecule has 0 fully saturated rings. The van der Waals surface area contributed by atoms with Crippen molar-refractivity contribution in [2.24, 2.45) is 0 Å². The van der Waals surface area contributed by atoms with Gasteiger partial charge in [-0.25, -0.2) is 0 Å². The van der Waals surface area contributed by atoms with E-state index in [0.29, 0.717) is 19.6 Å². The fourth-order valence-electron chi connectivity index (χ4n) is 2.25. The molecule has 0 saturated carbocycles. The average Bonchev–Trinajstić information content (AvgIpc) is 2.60. The van der Waals surface area contributed by atoms with E-state index in [0.717, 1.165) is 16.9 Å². The molecule has 0 bridgehead atoms. The van der Waals surface area contributed by atoms with Crippen LogP contribution in [0.25, 0.3) is 0 Å². The Morgan fingerprint density at radius 2 is 1.60 bits per heavy atom. The zero-order valence-corrected chi connectivity index (χ0v) is 14.3. The predicted octanol–water partition coefficient (Wildman–Crippen LogP) is 1.76. The van der Waals surface area contributed by atoms with E-state index in [1.807, 2.05) is 36.4 Å². The number of nitrogens with one attached hydrogen (secondary N) is 1. The molecule has 0 spiro atoms. The molecular formula is C20H22NO4-. The summed E-state index contributed by atoms with van der Waals surface area (Å²) in [7, 11) is 0. The first kappa shape index (κ1) is 18.5. The molecule has 5 heteroatoms. The summed E-state index contributed by atoms with van der Waals surface area (Å²) in [4.78, 5) is 21.7. The molecule has 25 heavy (non-hydrogen) atoms. The van der Waals surface area contributed by atoms with Crippen molar-refractivity contribution >= 4 is 11.9 Å². The van der Waals surface area contributed by atoms with Gasteiger partial charge in [-0.3, -0.25) is 4.79 Å². The number of amides is 1. The van der Waals surface area contributed by atoms with Gasteiger partial charge in [-0.1, -0.05) is 42.0 Å². The number of aliphatic carboxylic acids is 1. The van der Waals surface area contributed by atoms with Crippen LogP contribution in [-0.4, -0.2) is 18.4 Å². The fraction of sp³-hybridized carbons (Fsp3) is 0.300. The largest absolute Gasteiger partial charge is 0.550 e. The summed E-state index contributed by atoms with van der Waals surface area (Å²) in [6, 6.07) is 15.9. The van der Waals surface area contributed by atoms with Gasteiger partial charge in [0.2, 0.25) is 5.91 Å². The minimum atomic E-state index is -1.21. The van der Waals surface area contributed by atoms with Gasteiger partial charge in [-0.05, 0) is 43.0 Å². The van der Waals surface area contributed by atoms with Crippen LogP contribution in [0.5, 0.6) is 5.75 Å². The molecule has 0 radical (unpaired) electrons. The minimum Gasteiger partial charge on any atom is -0.550 e. The van der Waals surface area contributed by atoms with Gasteiger partial charge in [0.1, 0.15) is 12.4 Å². The number of carboxylic acid groups (broad SMARTS) is 1. The smallest absolute Gasteiger partial charge is 0.220 e. The molecule has 0 atom stereocenters. The summed E-state index contributed by atoms with van der Waals surface area (Å²) >= 11 is 0. The van der Waals surface area contributed by atoms with E-state index in [1.54, 1.807) is 0 Å². The van der Waals surface area contributed by atoms with Crippen molar-refractivity contribution in [3.63, 3.8) is 0 Å². The summed E-state index contributed by atoms with van der Waals surface area (Å²) in [6.45, 7) is 3.04. The maximum Gasteiger partial charge on any atom is 0.220 e. The maximum absolute atomic E-state index is 11.4. The lowest BCUT2D eigenvalue weighted by atomic mass is 10.1. The first-order chi connectivity index (χ1) is 12.0. The Kier molecular flexibility index (Phi) is 7.01. The van der Waals surface area contributed by atoms with Crippen molar-refractivity contribution in [1.29, 1.82) is 0 Å². The van der Waals surface area contributed by atoms with Crippen molar-refractivity contribution < 1.29 is 19.4 Å². The molecule has 0 heterocycles. The number of rotatable bonds is 9. The molecule has 2 rings (SSSR count). The molecule has 0 aliphatic heterocycles. The topological polar surface area (TPSA) is 78.5 Å². The Labute approximate surface area is 147 Å². The van der Waals surface area contributed by atoms with Gasteiger partial charge in [0.15, 0.2) is 0 Å². The SMILES string of the molecule is Cc1ccc(COc2ccc(CCNC(=O)CCC(=O)[O-])cc2)cc1. The van der Waals surface area contributed by atoms with Gasteiger partial charge >= 0.3 is 0 Å². The van der Waals surface area contributed by atoms with Crippen LogP contribution in [0.3, 0.4) is 0 Å². The van der Waals surface area contributed by atoms with Crippen molar-refractivity contribution in [2.45, 2.75) is 32.8 Å². The molecule has 0 saturated heterocycles. The standard InChI is InChI=1S/C20H23NO4/c1-15-2-4-17(5-3-15)14-25-18-8-6-16(7-9-18)12-13-21-19(22)10-11-20(23)24/h2-9H,10-14H2,1H3,(H,21,22)(H,23,24)/p-1. The van der Waals surface area contributed by atoms with Crippen LogP contribution in [0.4, 0.5) is 0 Å². The number of benzene rings is 2. The van der Waals surface area contributed by atoms with Gasteiger partial charge in [0, 0.05) is 18.9 Å². The molecule has 2 aromatic rings. The van der Waals surface area contributed by atoms with E-state index >= 15 is 0 Å². The van der Waals surface area contributed by atoms with Crippen LogP contribution in [0.15, 0.2) is 48.5 Å². The van der Waals surface area contributed by atoms with Gasteiger partial charge < -0.3 is 20.0 Å². The Balaban J connectivity index is 1.71. The Hall–Kier alpha value is -2.82. The molecule has 2 aromatic carbocycles. The summed E-state index contributed by atoms with van der Waals surface area (Å²) < 4.78 is 5.75. The highest BCUT2D eigenvalue weighted by atomic mass is 16.5. The lowest BCUT2D eigenvalue weighted by Crippen LogP contribution is -2.29. The Bertz CT molecular complexity index is 693. The number of hydrogen-bond acceptors (Lipinski definition) is 4. The third kappa shape index (κ3) is 7.08. The molecule has 0 aliphatic rings. The highest BCUT2D eigenvalue weighted by Gasteiger charge is 2.02. The van der Waals surface area contributed by atoms with Crippen molar-refractivity contribution in [3.05, 3.63) is 65.2 Å². The summed E-state index contributed by atoms with van der Waals surface area (Å²) in [5.74, 6) is -0.694. The monoisotopic (exact) mass is 340 g/mol. The minimum absolute atomic E-state index is 0.0475. The van der Waals surface area contributed by atoms with E-state index in [2.05, 4.69) is 24.4 Å². The molecule has 132 valence electrons. The second kappa shape index (κ2) is 9.47. The summed E-state index contributed by atoms with van der Waals surface area (Å²) in [6.07, 6.45) is 0.377. The zero-order chi connectivity index (χ0) is 18.1. The van der Waals surface area contributed by atoms with Gasteiger partial charge in [0.25, 0.3) is 0 Å². The van der Waals surface area contributed by atoms with Crippen molar-refractivity contribution in [2.75, 3.05) is 6.54 Å². The van der Waals surface area contributed by atoms with Crippen LogP contribution in [0.2, 0.25) is 0 Å². The first-order valence-electron chi connectivity index (χ1n) is 8.27. The first-order valence-corrected chi connectivity index (χ1v) is 8.27. The van der Waals surface area contributed by atoms with Crippen molar-refractivity contribution in [1.82, 2.24) is 5.32 Å². The van der Waals surface area contributed by atoms with Crippen LogP contribution in [-0.2, 0) is 22.6 Å². The molecular weight excluding hydrogens is 318 g/mol. The molecule has 0 aromatic heterocycles. The molecule has 5 nitrogen and oxygen atoms in total. The number of carbonyl (C=O) groups excluding carboxylic acids is 2. The fourth-order valence-corrected chi connectivity index (χ4v) is 2.25. The number of ether oxygens (including phenoxy) is 1. The number of hydrogen-bond donors (Lipinski definition) is 1. The van der Waals surface area contributed by atoms with E-state index in [1.165, 1.54) is 5.56 Å². The van der Waals surface area contributed by atoms with E-state index in [9.17, 15) is 14.7 Å². The van der Waals surface area contributed by atoms with Gasteiger partial charge in [-0.2, -0.15) is 0 Å². The lowest BCUT2D eigenvalue weighted by Gasteiger charge is -2.09. The van der Waals surface area contributed by atoms with Gasteiger partial charge in [-0.15, -0.1) is 0 Å². The van der Waals surface area contributed by atoms with E-state index in [4.69, 9.17) is 4.74 Å². The van der Waals surface area contributed by atoms with E-state index < -0.39 is 5.97 Å². The molecule has 0 aliphatic carbocycles. The second-order valence-electron chi connectivity index (χ2n) is 5.89. The number of carbonyl (C=O) groups is 2. The summed E-state index contributed by atoms with van der Waals surface area (Å²) in [5.41, 5.74) is 3.41. The number of carboxylic acids is 1. The van der Waals surface area contributed by atoms with E-state index in [-0.39, 0.29) is 18.7 Å². The molecule has 1 amide bonds. The van der Waals surface area contributed by atoms with Crippen LogP contribution in [0.1, 0.15) is 29.5 Å².